The van der Waals surface area contributed by atoms with Crippen LogP contribution in [0.2, 0.25) is 0 Å². The molecule has 0 saturated heterocycles. The molecule has 1 unspecified atom stereocenters. The van der Waals surface area contributed by atoms with Gasteiger partial charge in [-0.2, -0.15) is 0 Å². The number of hydrogen-bond donors (Lipinski definition) is 1. The minimum Gasteiger partial charge on any atom is -0.310 e. The van der Waals surface area contributed by atoms with Crippen molar-refractivity contribution in [3.63, 3.8) is 0 Å². The number of rotatable bonds is 5. The van der Waals surface area contributed by atoms with Crippen LogP contribution in [0.25, 0.3) is 0 Å². The summed E-state index contributed by atoms with van der Waals surface area (Å²) in [6, 6.07) is 0.337. The van der Waals surface area contributed by atoms with Crippen molar-refractivity contribution in [2.24, 2.45) is 5.41 Å². The van der Waals surface area contributed by atoms with Gasteiger partial charge in [-0.15, -0.1) is 0 Å². The Morgan fingerprint density at radius 1 is 1.33 bits per heavy atom. The van der Waals surface area contributed by atoms with E-state index in [-0.39, 0.29) is 0 Å². The highest BCUT2D eigenvalue weighted by molar-refractivity contribution is 5.21. The van der Waals surface area contributed by atoms with Crippen molar-refractivity contribution in [1.82, 2.24) is 15.3 Å². The first-order valence-electron chi connectivity index (χ1n) is 8.50. The summed E-state index contributed by atoms with van der Waals surface area (Å²) in [6.07, 6.45) is 8.24. The summed E-state index contributed by atoms with van der Waals surface area (Å²) in [5.74, 6) is 1.62. The van der Waals surface area contributed by atoms with Gasteiger partial charge in [-0.25, -0.2) is 9.97 Å². The van der Waals surface area contributed by atoms with Crippen LogP contribution < -0.4 is 5.32 Å². The highest BCUT2D eigenvalue weighted by Crippen LogP contribution is 2.41. The third-order valence-electron chi connectivity index (χ3n) is 4.91. The standard InChI is InChI=1S/C18H31N3/c1-6-11-19-13(2)16-12-20-17(21-14(16)3)15-7-9-18(4,5)10-8-15/h12-13,15,19H,6-11H2,1-5H3. The molecule has 1 aromatic heterocycles. The van der Waals surface area contributed by atoms with Crippen molar-refractivity contribution >= 4 is 0 Å². The minimum absolute atomic E-state index is 0.337. The molecule has 3 heteroatoms. The van der Waals surface area contributed by atoms with Gasteiger partial charge in [0.15, 0.2) is 0 Å². The van der Waals surface area contributed by atoms with Crippen LogP contribution in [0, 0.1) is 12.3 Å². The SMILES string of the molecule is CCCNC(C)c1cnc(C2CCC(C)(C)CC2)nc1C. The maximum Gasteiger partial charge on any atom is 0.131 e. The Morgan fingerprint density at radius 2 is 2.00 bits per heavy atom. The molecule has 0 aliphatic heterocycles. The van der Waals surface area contributed by atoms with Gasteiger partial charge in [-0.1, -0.05) is 20.8 Å². The first kappa shape index (κ1) is 16.4. The largest absolute Gasteiger partial charge is 0.310 e. The predicted molar refractivity (Wildman–Crippen MR) is 88.5 cm³/mol. The fourth-order valence-corrected chi connectivity index (χ4v) is 3.24. The zero-order chi connectivity index (χ0) is 15.5. The van der Waals surface area contributed by atoms with Gasteiger partial charge in [-0.3, -0.25) is 0 Å². The van der Waals surface area contributed by atoms with E-state index in [2.05, 4.69) is 44.9 Å². The summed E-state index contributed by atoms with van der Waals surface area (Å²) >= 11 is 0. The molecule has 118 valence electrons. The predicted octanol–water partition coefficient (Wildman–Crippen LogP) is 4.53. The highest BCUT2D eigenvalue weighted by Gasteiger charge is 2.29. The van der Waals surface area contributed by atoms with Crippen LogP contribution in [-0.4, -0.2) is 16.5 Å². The summed E-state index contributed by atoms with van der Waals surface area (Å²) in [5.41, 5.74) is 2.88. The zero-order valence-electron chi connectivity index (χ0n) is 14.4. The molecule has 0 aromatic carbocycles. The van der Waals surface area contributed by atoms with E-state index in [4.69, 9.17) is 4.98 Å². The molecule has 21 heavy (non-hydrogen) atoms. The lowest BCUT2D eigenvalue weighted by Gasteiger charge is -2.33. The maximum atomic E-state index is 4.82. The van der Waals surface area contributed by atoms with Gasteiger partial charge in [-0.05, 0) is 57.9 Å². The lowest BCUT2D eigenvalue weighted by molar-refractivity contribution is 0.220. The second-order valence-electron chi connectivity index (χ2n) is 7.38. The van der Waals surface area contributed by atoms with E-state index < -0.39 is 0 Å². The number of aromatic nitrogens is 2. The van der Waals surface area contributed by atoms with Gasteiger partial charge in [0.1, 0.15) is 5.82 Å². The Balaban J connectivity index is 2.05. The van der Waals surface area contributed by atoms with Gasteiger partial charge in [0.05, 0.1) is 0 Å². The lowest BCUT2D eigenvalue weighted by Crippen LogP contribution is -2.23. The van der Waals surface area contributed by atoms with Crippen LogP contribution in [0.1, 0.15) is 88.8 Å². The molecule has 1 fully saturated rings. The quantitative estimate of drug-likeness (QED) is 0.865. The molecule has 1 aliphatic carbocycles. The van der Waals surface area contributed by atoms with Gasteiger partial charge in [0, 0.05) is 29.4 Å². The van der Waals surface area contributed by atoms with E-state index in [1.165, 1.54) is 31.2 Å². The highest BCUT2D eigenvalue weighted by atomic mass is 14.9. The molecule has 1 atom stereocenters. The fraction of sp³-hybridized carbons (Fsp3) is 0.778. The lowest BCUT2D eigenvalue weighted by atomic mass is 9.73. The van der Waals surface area contributed by atoms with Gasteiger partial charge >= 0.3 is 0 Å². The van der Waals surface area contributed by atoms with Crippen LogP contribution in [0.5, 0.6) is 0 Å². The van der Waals surface area contributed by atoms with Crippen molar-refractivity contribution in [2.75, 3.05) is 6.54 Å². The van der Waals surface area contributed by atoms with E-state index in [1.807, 2.05) is 6.20 Å². The van der Waals surface area contributed by atoms with Crippen molar-refractivity contribution in [2.45, 2.75) is 78.7 Å². The molecule has 1 heterocycles. The zero-order valence-corrected chi connectivity index (χ0v) is 14.4. The van der Waals surface area contributed by atoms with Crippen molar-refractivity contribution in [3.05, 3.63) is 23.3 Å². The average Bonchev–Trinajstić information content (AvgIpc) is 2.44. The van der Waals surface area contributed by atoms with Crippen LogP contribution in [0.4, 0.5) is 0 Å². The van der Waals surface area contributed by atoms with Crippen LogP contribution in [0.3, 0.4) is 0 Å². The van der Waals surface area contributed by atoms with Crippen molar-refractivity contribution in [3.8, 4) is 0 Å². The topological polar surface area (TPSA) is 37.8 Å². The van der Waals surface area contributed by atoms with Crippen molar-refractivity contribution in [1.29, 1.82) is 0 Å². The van der Waals surface area contributed by atoms with Crippen LogP contribution in [-0.2, 0) is 0 Å². The molecule has 1 saturated carbocycles. The van der Waals surface area contributed by atoms with E-state index in [1.54, 1.807) is 0 Å². The maximum absolute atomic E-state index is 4.82. The van der Waals surface area contributed by atoms with E-state index in [0.29, 0.717) is 17.4 Å². The fourth-order valence-electron chi connectivity index (χ4n) is 3.24. The summed E-state index contributed by atoms with van der Waals surface area (Å²) in [5, 5.41) is 3.52. The third-order valence-corrected chi connectivity index (χ3v) is 4.91. The Labute approximate surface area is 130 Å². The first-order valence-corrected chi connectivity index (χ1v) is 8.50. The molecule has 3 nitrogen and oxygen atoms in total. The van der Waals surface area contributed by atoms with Gasteiger partial charge < -0.3 is 5.32 Å². The second-order valence-corrected chi connectivity index (χ2v) is 7.38. The van der Waals surface area contributed by atoms with E-state index >= 15 is 0 Å². The molecule has 1 aliphatic rings. The number of nitrogens with zero attached hydrogens (tertiary/aromatic N) is 2. The average molecular weight is 289 g/mol. The van der Waals surface area contributed by atoms with Gasteiger partial charge in [0.25, 0.3) is 0 Å². The third kappa shape index (κ3) is 4.26. The van der Waals surface area contributed by atoms with E-state index in [9.17, 15) is 0 Å². The van der Waals surface area contributed by atoms with Crippen LogP contribution >= 0.6 is 0 Å². The summed E-state index contributed by atoms with van der Waals surface area (Å²) in [6.45, 7) is 12.3. The molecule has 2 rings (SSSR count). The summed E-state index contributed by atoms with van der Waals surface area (Å²) < 4.78 is 0. The molecule has 0 spiro atoms. The number of aryl methyl sites for hydroxylation is 1. The second kappa shape index (κ2) is 6.87. The Hall–Kier alpha value is -0.960. The molecule has 1 aromatic rings. The van der Waals surface area contributed by atoms with Crippen LogP contribution in [0.15, 0.2) is 6.20 Å². The minimum atomic E-state index is 0.337. The molecule has 1 N–H and O–H groups in total. The van der Waals surface area contributed by atoms with Crippen molar-refractivity contribution < 1.29 is 0 Å². The Morgan fingerprint density at radius 3 is 2.57 bits per heavy atom. The monoisotopic (exact) mass is 289 g/mol. The number of nitrogens with one attached hydrogen (secondary N) is 1. The first-order chi connectivity index (χ1) is 9.93. The Kier molecular flexibility index (Phi) is 5.37. The smallest absolute Gasteiger partial charge is 0.131 e. The molecule has 0 amide bonds. The molecular weight excluding hydrogens is 258 g/mol. The molecule has 0 radical (unpaired) electrons. The summed E-state index contributed by atoms with van der Waals surface area (Å²) in [4.78, 5) is 9.51. The normalized spacial score (nSPS) is 20.4. The van der Waals surface area contributed by atoms with E-state index in [0.717, 1.165) is 24.5 Å². The number of hydrogen-bond acceptors (Lipinski definition) is 3. The Bertz CT molecular complexity index is 458. The molecule has 0 bridgehead atoms. The summed E-state index contributed by atoms with van der Waals surface area (Å²) in [7, 11) is 0. The molecular formula is C18H31N3. The van der Waals surface area contributed by atoms with Gasteiger partial charge in [0.2, 0.25) is 0 Å².